The summed E-state index contributed by atoms with van der Waals surface area (Å²) in [5.41, 5.74) is 0.960. The van der Waals surface area contributed by atoms with Crippen molar-refractivity contribution in [3.05, 3.63) is 40.3 Å². The molecule has 1 heterocycles. The van der Waals surface area contributed by atoms with E-state index in [0.717, 1.165) is 28.5 Å². The molecule has 3 nitrogen and oxygen atoms in total. The first kappa shape index (κ1) is 14.2. The number of alkyl halides is 1. The second kappa shape index (κ2) is 7.36. The van der Waals surface area contributed by atoms with Gasteiger partial charge < -0.3 is 9.47 Å². The summed E-state index contributed by atoms with van der Waals surface area (Å²) in [6, 6.07) is 5.75. The molecule has 0 saturated carbocycles. The van der Waals surface area contributed by atoms with Gasteiger partial charge in [0.15, 0.2) is 0 Å². The normalized spacial score (nSPS) is 10.4. The van der Waals surface area contributed by atoms with E-state index in [4.69, 9.17) is 21.1 Å². The van der Waals surface area contributed by atoms with Gasteiger partial charge in [-0.05, 0) is 12.5 Å². The minimum absolute atomic E-state index is 0.418. The van der Waals surface area contributed by atoms with E-state index in [-0.39, 0.29) is 0 Å². The fraction of sp³-hybridized carbons (Fsp3) is 0.357. The lowest BCUT2D eigenvalue weighted by atomic mass is 10.2. The van der Waals surface area contributed by atoms with E-state index in [1.807, 2.05) is 23.6 Å². The zero-order chi connectivity index (χ0) is 13.5. The lowest BCUT2D eigenvalue weighted by Gasteiger charge is -2.11. The van der Waals surface area contributed by atoms with Gasteiger partial charge in [0.2, 0.25) is 0 Å². The van der Waals surface area contributed by atoms with E-state index in [1.165, 1.54) is 0 Å². The van der Waals surface area contributed by atoms with Crippen molar-refractivity contribution in [1.82, 2.24) is 4.98 Å². The van der Waals surface area contributed by atoms with Crippen LogP contribution in [0.25, 0.3) is 0 Å². The monoisotopic (exact) mass is 297 g/mol. The maximum atomic E-state index is 5.92. The summed E-state index contributed by atoms with van der Waals surface area (Å²) >= 11 is 7.49. The topological polar surface area (TPSA) is 31.4 Å². The molecule has 0 radical (unpaired) electrons. The van der Waals surface area contributed by atoms with Crippen LogP contribution in [0.15, 0.2) is 29.8 Å². The van der Waals surface area contributed by atoms with Crippen LogP contribution in [-0.2, 0) is 12.5 Å². The Bertz CT molecular complexity index is 502. The van der Waals surface area contributed by atoms with Crippen molar-refractivity contribution in [2.24, 2.45) is 0 Å². The molecule has 0 spiro atoms. The first-order valence-corrected chi connectivity index (χ1v) is 7.57. The molecule has 1 aromatic carbocycles. The first-order chi connectivity index (χ1) is 9.33. The molecule has 2 rings (SSSR count). The largest absolute Gasteiger partial charge is 0.493 e. The minimum atomic E-state index is 0.418. The van der Waals surface area contributed by atoms with E-state index >= 15 is 0 Å². The first-order valence-electron chi connectivity index (χ1n) is 6.16. The second-order valence-electron chi connectivity index (χ2n) is 3.97. The summed E-state index contributed by atoms with van der Waals surface area (Å²) < 4.78 is 11.4. The van der Waals surface area contributed by atoms with Gasteiger partial charge in [-0.2, -0.15) is 0 Å². The van der Waals surface area contributed by atoms with E-state index in [0.29, 0.717) is 19.1 Å². The Morgan fingerprint density at radius 3 is 2.89 bits per heavy atom. The van der Waals surface area contributed by atoms with Gasteiger partial charge in [-0.1, -0.05) is 13.0 Å². The molecule has 0 aliphatic carbocycles. The number of hydrogen-bond donors (Lipinski definition) is 0. The van der Waals surface area contributed by atoms with Crippen molar-refractivity contribution in [2.75, 3.05) is 6.61 Å². The summed E-state index contributed by atoms with van der Waals surface area (Å²) in [6.45, 7) is 3.23. The number of ether oxygens (including phenoxy) is 2. The van der Waals surface area contributed by atoms with Crippen molar-refractivity contribution in [3.8, 4) is 11.5 Å². The van der Waals surface area contributed by atoms with Crippen molar-refractivity contribution in [3.63, 3.8) is 0 Å². The molecule has 0 amide bonds. The molecule has 0 N–H and O–H groups in total. The van der Waals surface area contributed by atoms with Crippen LogP contribution in [0.4, 0.5) is 0 Å². The van der Waals surface area contributed by atoms with Gasteiger partial charge in [0.1, 0.15) is 23.1 Å². The third-order valence-corrected chi connectivity index (χ3v) is 3.53. The average molecular weight is 298 g/mol. The van der Waals surface area contributed by atoms with Crippen LogP contribution in [0.2, 0.25) is 0 Å². The quantitative estimate of drug-likeness (QED) is 0.716. The number of nitrogens with zero attached hydrogens (tertiary/aromatic N) is 1. The van der Waals surface area contributed by atoms with Gasteiger partial charge in [0, 0.05) is 23.2 Å². The molecule has 0 fully saturated rings. The number of aromatic nitrogens is 1. The number of hydrogen-bond acceptors (Lipinski definition) is 4. The molecule has 1 aromatic heterocycles. The smallest absolute Gasteiger partial charge is 0.140 e. The zero-order valence-corrected chi connectivity index (χ0v) is 12.3. The zero-order valence-electron chi connectivity index (χ0n) is 10.8. The minimum Gasteiger partial charge on any atom is -0.493 e. The Labute approximate surface area is 122 Å². The average Bonchev–Trinajstić information content (AvgIpc) is 2.96. The van der Waals surface area contributed by atoms with Crippen LogP contribution in [-0.4, -0.2) is 11.6 Å². The number of thiazole rings is 1. The summed E-state index contributed by atoms with van der Waals surface area (Å²) in [7, 11) is 0. The highest BCUT2D eigenvalue weighted by molar-refractivity contribution is 7.09. The van der Waals surface area contributed by atoms with Crippen LogP contribution in [0.5, 0.6) is 11.5 Å². The maximum Gasteiger partial charge on any atom is 0.140 e. The number of rotatable bonds is 7. The lowest BCUT2D eigenvalue weighted by Crippen LogP contribution is -2.00. The van der Waals surface area contributed by atoms with Crippen molar-refractivity contribution in [1.29, 1.82) is 0 Å². The van der Waals surface area contributed by atoms with Gasteiger partial charge in [-0.15, -0.1) is 22.9 Å². The molecule has 2 aromatic rings. The standard InChI is InChI=1S/C14H16ClNO2S/c1-2-6-17-12-4-3-11(9-15)13(8-12)18-10-14-16-5-7-19-14/h3-5,7-8H,2,6,9-10H2,1H3. The summed E-state index contributed by atoms with van der Waals surface area (Å²) in [4.78, 5) is 4.19. The van der Waals surface area contributed by atoms with Gasteiger partial charge >= 0.3 is 0 Å². The molecule has 19 heavy (non-hydrogen) atoms. The van der Waals surface area contributed by atoms with Crippen LogP contribution in [0, 0.1) is 0 Å². The molecule has 0 atom stereocenters. The highest BCUT2D eigenvalue weighted by Gasteiger charge is 2.06. The number of halogens is 1. The molecule has 0 unspecified atom stereocenters. The highest BCUT2D eigenvalue weighted by atomic mass is 35.5. The molecule has 0 bridgehead atoms. The summed E-state index contributed by atoms with van der Waals surface area (Å²) in [5.74, 6) is 1.99. The third kappa shape index (κ3) is 4.11. The predicted molar refractivity (Wildman–Crippen MR) is 78.2 cm³/mol. The van der Waals surface area contributed by atoms with Gasteiger partial charge in [-0.25, -0.2) is 4.98 Å². The molecule has 0 saturated heterocycles. The van der Waals surface area contributed by atoms with Crippen LogP contribution >= 0.6 is 22.9 Å². The van der Waals surface area contributed by atoms with E-state index in [9.17, 15) is 0 Å². The molecular weight excluding hydrogens is 282 g/mol. The Kier molecular flexibility index (Phi) is 5.48. The number of benzene rings is 1. The highest BCUT2D eigenvalue weighted by Crippen LogP contribution is 2.27. The van der Waals surface area contributed by atoms with Gasteiger partial charge in [-0.3, -0.25) is 0 Å². The van der Waals surface area contributed by atoms with E-state index in [2.05, 4.69) is 11.9 Å². The fourth-order valence-corrected chi connectivity index (χ4v) is 2.30. The van der Waals surface area contributed by atoms with E-state index in [1.54, 1.807) is 17.5 Å². The molecule has 0 aliphatic rings. The third-order valence-electron chi connectivity index (χ3n) is 2.49. The molecule has 5 heteroatoms. The van der Waals surface area contributed by atoms with Crippen molar-refractivity contribution < 1.29 is 9.47 Å². The maximum absolute atomic E-state index is 5.92. The van der Waals surface area contributed by atoms with Crippen LogP contribution < -0.4 is 9.47 Å². The van der Waals surface area contributed by atoms with E-state index < -0.39 is 0 Å². The fourth-order valence-electron chi connectivity index (χ4n) is 1.55. The Hall–Kier alpha value is -1.26. The lowest BCUT2D eigenvalue weighted by molar-refractivity contribution is 0.292. The van der Waals surface area contributed by atoms with Crippen LogP contribution in [0.1, 0.15) is 23.9 Å². The summed E-state index contributed by atoms with van der Waals surface area (Å²) in [5, 5.41) is 2.88. The predicted octanol–water partition coefficient (Wildman–Crippen LogP) is 4.25. The second-order valence-corrected chi connectivity index (χ2v) is 5.21. The molecule has 102 valence electrons. The van der Waals surface area contributed by atoms with Gasteiger partial charge in [0.05, 0.1) is 12.5 Å². The summed E-state index contributed by atoms with van der Waals surface area (Å²) in [6.07, 6.45) is 2.75. The Morgan fingerprint density at radius 1 is 1.32 bits per heavy atom. The van der Waals surface area contributed by atoms with Gasteiger partial charge in [0.25, 0.3) is 0 Å². The molecule has 0 aliphatic heterocycles. The Balaban J connectivity index is 2.07. The van der Waals surface area contributed by atoms with Crippen molar-refractivity contribution >= 4 is 22.9 Å². The van der Waals surface area contributed by atoms with Crippen molar-refractivity contribution in [2.45, 2.75) is 25.8 Å². The van der Waals surface area contributed by atoms with Crippen LogP contribution in [0.3, 0.4) is 0 Å². The SMILES string of the molecule is CCCOc1ccc(CCl)c(OCc2nccs2)c1. The molecular formula is C14H16ClNO2S. The Morgan fingerprint density at radius 2 is 2.21 bits per heavy atom.